The largest absolute Gasteiger partial charge is 0.356 e. The van der Waals surface area contributed by atoms with Gasteiger partial charge in [0.2, 0.25) is 0 Å². The van der Waals surface area contributed by atoms with Gasteiger partial charge < -0.3 is 15.1 Å². The number of guanidine groups is 1. The van der Waals surface area contributed by atoms with E-state index in [2.05, 4.69) is 64.3 Å². The van der Waals surface area contributed by atoms with Gasteiger partial charge >= 0.3 is 0 Å². The van der Waals surface area contributed by atoms with E-state index in [0.29, 0.717) is 0 Å². The van der Waals surface area contributed by atoms with Crippen molar-refractivity contribution in [3.05, 3.63) is 35.9 Å². The highest BCUT2D eigenvalue weighted by molar-refractivity contribution is 14.0. The van der Waals surface area contributed by atoms with Gasteiger partial charge in [-0.05, 0) is 63.2 Å². The van der Waals surface area contributed by atoms with Crippen LogP contribution in [-0.2, 0) is 6.42 Å². The highest BCUT2D eigenvalue weighted by atomic mass is 127. The fourth-order valence-electron chi connectivity index (χ4n) is 3.83. The van der Waals surface area contributed by atoms with Crippen LogP contribution in [0, 0.1) is 5.92 Å². The first-order valence-corrected chi connectivity index (χ1v) is 10.5. The Labute approximate surface area is 183 Å². The van der Waals surface area contributed by atoms with Gasteiger partial charge in [0.05, 0.1) is 0 Å². The third-order valence-electron chi connectivity index (χ3n) is 5.57. The number of hydrogen-bond acceptors (Lipinski definition) is 2. The summed E-state index contributed by atoms with van der Waals surface area (Å²) in [4.78, 5) is 9.44. The van der Waals surface area contributed by atoms with E-state index in [1.165, 1.54) is 44.2 Å². The average molecular weight is 486 g/mol. The van der Waals surface area contributed by atoms with Crippen LogP contribution >= 0.6 is 24.0 Å². The summed E-state index contributed by atoms with van der Waals surface area (Å²) in [6.45, 7) is 11.3. The van der Waals surface area contributed by atoms with Gasteiger partial charge in [-0.25, -0.2) is 0 Å². The lowest BCUT2D eigenvalue weighted by molar-refractivity contribution is 0.258. The molecule has 1 saturated heterocycles. The van der Waals surface area contributed by atoms with E-state index < -0.39 is 0 Å². The molecule has 1 aromatic rings. The normalized spacial score (nSPS) is 15.7. The van der Waals surface area contributed by atoms with Crippen LogP contribution in [0.5, 0.6) is 0 Å². The summed E-state index contributed by atoms with van der Waals surface area (Å²) in [5.74, 6) is 1.90. The maximum Gasteiger partial charge on any atom is 0.193 e. The second-order valence-electron chi connectivity index (χ2n) is 7.33. The number of hydrogen-bond donors (Lipinski definition) is 1. The van der Waals surface area contributed by atoms with E-state index in [-0.39, 0.29) is 24.0 Å². The molecule has 1 fully saturated rings. The molecule has 1 aliphatic heterocycles. The van der Waals surface area contributed by atoms with Crippen molar-refractivity contribution in [2.75, 3.05) is 46.3 Å². The zero-order chi connectivity index (χ0) is 18.6. The number of likely N-dealkylation sites (tertiary alicyclic amines) is 1. The van der Waals surface area contributed by atoms with Gasteiger partial charge in [-0.1, -0.05) is 44.2 Å². The first kappa shape index (κ1) is 24.2. The number of rotatable bonds is 9. The number of benzene rings is 1. The first-order valence-electron chi connectivity index (χ1n) is 10.5. The standard InChI is InChI=1S/C22H38N4.HI/c1-4-25(5-2)16-10-9-15-24-22(23-3)26-17-13-21(14-18-26)19-20-11-7-6-8-12-20;/h6-8,11-12,21H,4-5,9-10,13-19H2,1-3H3,(H,23,24);1H. The van der Waals surface area contributed by atoms with Gasteiger partial charge in [-0.3, -0.25) is 4.99 Å². The van der Waals surface area contributed by atoms with Gasteiger partial charge in [0.1, 0.15) is 0 Å². The van der Waals surface area contributed by atoms with E-state index in [1.807, 2.05) is 7.05 Å². The third kappa shape index (κ3) is 8.81. The molecule has 2 rings (SSSR count). The van der Waals surface area contributed by atoms with Gasteiger partial charge in [0, 0.05) is 26.7 Å². The van der Waals surface area contributed by atoms with Crippen molar-refractivity contribution in [1.82, 2.24) is 15.1 Å². The Hall–Kier alpha value is -0.820. The van der Waals surface area contributed by atoms with Crippen molar-refractivity contribution < 1.29 is 0 Å². The molecule has 0 spiro atoms. The summed E-state index contributed by atoms with van der Waals surface area (Å²) in [6.07, 6.45) is 6.20. The second kappa shape index (κ2) is 14.2. The van der Waals surface area contributed by atoms with Crippen LogP contribution in [0.2, 0.25) is 0 Å². The molecular formula is C22H39IN4. The SMILES string of the molecule is CCN(CC)CCCCNC(=NC)N1CCC(Cc2ccccc2)CC1.I. The van der Waals surface area contributed by atoms with Crippen molar-refractivity contribution in [1.29, 1.82) is 0 Å². The second-order valence-corrected chi connectivity index (χ2v) is 7.33. The topological polar surface area (TPSA) is 30.9 Å². The molecule has 0 bridgehead atoms. The van der Waals surface area contributed by atoms with E-state index in [4.69, 9.17) is 0 Å². The smallest absolute Gasteiger partial charge is 0.193 e. The highest BCUT2D eigenvalue weighted by Crippen LogP contribution is 2.21. The predicted octanol–water partition coefficient (Wildman–Crippen LogP) is 4.26. The first-order chi connectivity index (χ1) is 12.8. The Morgan fingerprint density at radius 1 is 1.11 bits per heavy atom. The summed E-state index contributed by atoms with van der Waals surface area (Å²) >= 11 is 0. The van der Waals surface area contributed by atoms with E-state index >= 15 is 0 Å². The summed E-state index contributed by atoms with van der Waals surface area (Å²) in [6, 6.07) is 10.9. The van der Waals surface area contributed by atoms with E-state index in [0.717, 1.165) is 44.6 Å². The molecule has 0 radical (unpaired) electrons. The Kier molecular flexibility index (Phi) is 12.8. The molecule has 0 unspecified atom stereocenters. The van der Waals surface area contributed by atoms with Crippen molar-refractivity contribution in [2.24, 2.45) is 10.9 Å². The minimum Gasteiger partial charge on any atom is -0.356 e. The van der Waals surface area contributed by atoms with Gasteiger partial charge in [-0.2, -0.15) is 0 Å². The maximum absolute atomic E-state index is 4.51. The molecule has 0 atom stereocenters. The molecule has 0 aromatic heterocycles. The van der Waals surface area contributed by atoms with Crippen molar-refractivity contribution in [3.63, 3.8) is 0 Å². The summed E-state index contributed by atoms with van der Waals surface area (Å²) in [5, 5.41) is 3.57. The number of nitrogens with zero attached hydrogens (tertiary/aromatic N) is 3. The Balaban J connectivity index is 0.00000364. The van der Waals surface area contributed by atoms with Gasteiger partial charge in [-0.15, -0.1) is 24.0 Å². The summed E-state index contributed by atoms with van der Waals surface area (Å²) in [5.41, 5.74) is 1.47. The monoisotopic (exact) mass is 486 g/mol. The lowest BCUT2D eigenvalue weighted by Gasteiger charge is -2.34. The predicted molar refractivity (Wildman–Crippen MR) is 128 cm³/mol. The molecule has 4 nitrogen and oxygen atoms in total. The van der Waals surface area contributed by atoms with Crippen LogP contribution in [-0.4, -0.2) is 62.1 Å². The van der Waals surface area contributed by atoms with Crippen molar-refractivity contribution in [2.45, 2.75) is 46.0 Å². The molecule has 5 heteroatoms. The molecule has 154 valence electrons. The molecule has 1 aromatic carbocycles. The molecule has 1 heterocycles. The molecular weight excluding hydrogens is 447 g/mol. The summed E-state index contributed by atoms with van der Waals surface area (Å²) < 4.78 is 0. The number of nitrogens with one attached hydrogen (secondary N) is 1. The van der Waals surface area contributed by atoms with Gasteiger partial charge in [0.25, 0.3) is 0 Å². The van der Waals surface area contributed by atoms with Gasteiger partial charge in [0.15, 0.2) is 5.96 Å². The molecule has 0 amide bonds. The van der Waals surface area contributed by atoms with Crippen LogP contribution < -0.4 is 5.32 Å². The quantitative estimate of drug-likeness (QED) is 0.245. The Bertz CT molecular complexity index is 508. The van der Waals surface area contributed by atoms with Crippen LogP contribution in [0.15, 0.2) is 35.3 Å². The maximum atomic E-state index is 4.51. The van der Waals surface area contributed by atoms with Crippen molar-refractivity contribution >= 4 is 29.9 Å². The lowest BCUT2D eigenvalue weighted by Crippen LogP contribution is -2.46. The van der Waals surface area contributed by atoms with Crippen LogP contribution in [0.25, 0.3) is 0 Å². The fourth-order valence-corrected chi connectivity index (χ4v) is 3.83. The highest BCUT2D eigenvalue weighted by Gasteiger charge is 2.21. The Morgan fingerprint density at radius 3 is 2.37 bits per heavy atom. The lowest BCUT2D eigenvalue weighted by atomic mass is 9.90. The molecule has 1 N–H and O–H groups in total. The molecule has 27 heavy (non-hydrogen) atoms. The Morgan fingerprint density at radius 2 is 1.78 bits per heavy atom. The van der Waals surface area contributed by atoms with Crippen LogP contribution in [0.3, 0.4) is 0 Å². The molecule has 0 saturated carbocycles. The molecule has 0 aliphatic carbocycles. The van der Waals surface area contributed by atoms with E-state index in [9.17, 15) is 0 Å². The zero-order valence-electron chi connectivity index (χ0n) is 17.5. The third-order valence-corrected chi connectivity index (χ3v) is 5.57. The van der Waals surface area contributed by atoms with E-state index in [1.54, 1.807) is 0 Å². The number of piperidine rings is 1. The molecule has 1 aliphatic rings. The minimum atomic E-state index is 0. The van der Waals surface area contributed by atoms with Crippen molar-refractivity contribution in [3.8, 4) is 0 Å². The minimum absolute atomic E-state index is 0. The number of aliphatic imine (C=N–C) groups is 1. The zero-order valence-corrected chi connectivity index (χ0v) is 19.8. The average Bonchev–Trinajstić information content (AvgIpc) is 2.69. The number of unbranched alkanes of at least 4 members (excludes halogenated alkanes) is 1. The van der Waals surface area contributed by atoms with Crippen LogP contribution in [0.1, 0.15) is 45.1 Å². The summed E-state index contributed by atoms with van der Waals surface area (Å²) in [7, 11) is 1.91. The fraction of sp³-hybridized carbons (Fsp3) is 0.682. The van der Waals surface area contributed by atoms with Crippen LogP contribution in [0.4, 0.5) is 0 Å². The number of halogens is 1.